The van der Waals surface area contributed by atoms with Crippen molar-refractivity contribution in [2.45, 2.75) is 12.1 Å². The minimum Gasteiger partial charge on any atom is -0.507 e. The van der Waals surface area contributed by atoms with Crippen molar-refractivity contribution in [2.24, 2.45) is 5.10 Å². The number of phenolic OH excluding ortho intramolecular Hbond substituents is 1. The van der Waals surface area contributed by atoms with Crippen LogP contribution in [0.25, 0.3) is 0 Å². The van der Waals surface area contributed by atoms with Crippen LogP contribution in [0.5, 0.6) is 5.75 Å². The molecule has 0 aliphatic rings. The lowest BCUT2D eigenvalue weighted by atomic mass is 10.1. The van der Waals surface area contributed by atoms with E-state index in [1.165, 1.54) is 11.8 Å². The summed E-state index contributed by atoms with van der Waals surface area (Å²) in [7, 11) is 0. The number of nitrogens with one attached hydrogen (secondary N) is 1. The van der Waals surface area contributed by atoms with E-state index < -0.39 is 0 Å². The van der Waals surface area contributed by atoms with Crippen LogP contribution in [-0.2, 0) is 4.79 Å². The third-order valence-corrected chi connectivity index (χ3v) is 3.39. The van der Waals surface area contributed by atoms with Crippen LogP contribution in [0.2, 0.25) is 0 Å². The van der Waals surface area contributed by atoms with Crippen molar-refractivity contribution in [1.29, 1.82) is 0 Å². The van der Waals surface area contributed by atoms with Crippen molar-refractivity contribution >= 4 is 23.4 Å². The quantitative estimate of drug-likeness (QED) is 0.381. The summed E-state index contributed by atoms with van der Waals surface area (Å²) in [6.07, 6.45) is 3.24. The summed E-state index contributed by atoms with van der Waals surface area (Å²) in [6.45, 7) is 1.71. The second kappa shape index (κ2) is 7.39. The number of rotatable bonds is 5. The van der Waals surface area contributed by atoms with E-state index in [-0.39, 0.29) is 17.4 Å². The van der Waals surface area contributed by atoms with E-state index in [0.717, 1.165) is 0 Å². The van der Waals surface area contributed by atoms with Gasteiger partial charge < -0.3 is 5.11 Å². The molecule has 6 nitrogen and oxygen atoms in total. The molecule has 0 aliphatic carbocycles. The number of phenols is 1. The zero-order valence-electron chi connectivity index (χ0n) is 11.4. The third-order valence-electron chi connectivity index (χ3n) is 2.52. The molecule has 108 valence electrons. The Morgan fingerprint density at radius 2 is 2.00 bits per heavy atom. The fraction of sp³-hybridized carbons (Fsp3) is 0.143. The molecule has 0 spiro atoms. The first kappa shape index (κ1) is 15.0. The number of carbonyl (C=O) groups excluding carboxylic acids is 1. The van der Waals surface area contributed by atoms with Gasteiger partial charge in [-0.3, -0.25) is 4.79 Å². The highest BCUT2D eigenvalue weighted by atomic mass is 32.2. The molecule has 2 aromatic rings. The SMILES string of the molecule is C/C(=N/NC(=O)CSc1ncccn1)c1ccccc1O. The van der Waals surface area contributed by atoms with Gasteiger partial charge in [0, 0.05) is 18.0 Å². The highest BCUT2D eigenvalue weighted by Crippen LogP contribution is 2.16. The number of carbonyl (C=O) groups is 1. The van der Waals surface area contributed by atoms with Crippen molar-refractivity contribution in [2.75, 3.05) is 5.75 Å². The average Bonchev–Trinajstić information content (AvgIpc) is 2.52. The monoisotopic (exact) mass is 302 g/mol. The van der Waals surface area contributed by atoms with E-state index in [2.05, 4.69) is 20.5 Å². The van der Waals surface area contributed by atoms with Gasteiger partial charge in [-0.1, -0.05) is 23.9 Å². The van der Waals surface area contributed by atoms with Crippen LogP contribution in [-0.4, -0.2) is 32.4 Å². The van der Waals surface area contributed by atoms with Crippen molar-refractivity contribution in [3.05, 3.63) is 48.3 Å². The van der Waals surface area contributed by atoms with E-state index in [4.69, 9.17) is 0 Å². The van der Waals surface area contributed by atoms with Crippen molar-refractivity contribution in [1.82, 2.24) is 15.4 Å². The summed E-state index contributed by atoms with van der Waals surface area (Å²) >= 11 is 1.23. The first-order valence-electron chi connectivity index (χ1n) is 6.18. The number of benzene rings is 1. The molecule has 0 aliphatic heterocycles. The predicted octanol–water partition coefficient (Wildman–Crippen LogP) is 1.81. The van der Waals surface area contributed by atoms with Crippen LogP contribution in [0.15, 0.2) is 53.0 Å². The molecule has 1 aromatic carbocycles. The molecule has 0 radical (unpaired) electrons. The number of thioether (sulfide) groups is 1. The molecule has 1 amide bonds. The minimum atomic E-state index is -0.262. The van der Waals surface area contributed by atoms with Gasteiger partial charge in [-0.15, -0.1) is 0 Å². The van der Waals surface area contributed by atoms with Gasteiger partial charge in [0.25, 0.3) is 5.91 Å². The maximum atomic E-state index is 11.7. The molecule has 7 heteroatoms. The second-order valence-electron chi connectivity index (χ2n) is 4.07. The molecule has 0 bridgehead atoms. The molecule has 0 saturated carbocycles. The molecule has 1 aromatic heterocycles. The zero-order chi connectivity index (χ0) is 15.1. The maximum Gasteiger partial charge on any atom is 0.250 e. The third kappa shape index (κ3) is 4.57. The first-order chi connectivity index (χ1) is 10.2. The zero-order valence-corrected chi connectivity index (χ0v) is 12.2. The van der Waals surface area contributed by atoms with Crippen LogP contribution < -0.4 is 5.43 Å². The van der Waals surface area contributed by atoms with E-state index >= 15 is 0 Å². The van der Waals surface area contributed by atoms with Crippen LogP contribution in [0, 0.1) is 0 Å². The predicted molar refractivity (Wildman–Crippen MR) is 81.2 cm³/mol. The van der Waals surface area contributed by atoms with Gasteiger partial charge in [-0.05, 0) is 25.1 Å². The van der Waals surface area contributed by atoms with Crippen LogP contribution in [0.3, 0.4) is 0 Å². The van der Waals surface area contributed by atoms with Crippen LogP contribution in [0.1, 0.15) is 12.5 Å². The second-order valence-corrected chi connectivity index (χ2v) is 5.01. The van der Waals surface area contributed by atoms with Crippen molar-refractivity contribution < 1.29 is 9.90 Å². The summed E-state index contributed by atoms with van der Waals surface area (Å²) < 4.78 is 0. The lowest BCUT2D eigenvalue weighted by Gasteiger charge is -2.04. The van der Waals surface area contributed by atoms with Gasteiger partial charge in [0.05, 0.1) is 11.5 Å². The summed E-state index contributed by atoms with van der Waals surface area (Å²) in [5.74, 6) is 0.0314. The molecule has 2 rings (SSSR count). The van der Waals surface area contributed by atoms with Gasteiger partial charge >= 0.3 is 0 Å². The van der Waals surface area contributed by atoms with E-state index in [1.54, 1.807) is 49.6 Å². The van der Waals surface area contributed by atoms with Gasteiger partial charge in [0.15, 0.2) is 5.16 Å². The van der Waals surface area contributed by atoms with E-state index in [1.807, 2.05) is 0 Å². The summed E-state index contributed by atoms with van der Waals surface area (Å²) in [5.41, 5.74) is 3.55. The van der Waals surface area contributed by atoms with E-state index in [9.17, 15) is 9.90 Å². The van der Waals surface area contributed by atoms with E-state index in [0.29, 0.717) is 16.4 Å². The smallest absolute Gasteiger partial charge is 0.250 e. The van der Waals surface area contributed by atoms with Crippen LogP contribution >= 0.6 is 11.8 Å². The highest BCUT2D eigenvalue weighted by Gasteiger charge is 2.06. The van der Waals surface area contributed by atoms with Crippen LogP contribution in [0.4, 0.5) is 0 Å². The Labute approximate surface area is 126 Å². The number of aromatic nitrogens is 2. The molecule has 0 unspecified atom stereocenters. The van der Waals surface area contributed by atoms with Crippen molar-refractivity contribution in [3.8, 4) is 5.75 Å². The molecule has 0 atom stereocenters. The van der Waals surface area contributed by atoms with Gasteiger partial charge in [-0.25, -0.2) is 15.4 Å². The fourth-order valence-corrected chi connectivity index (χ4v) is 2.10. The fourth-order valence-electron chi connectivity index (χ4n) is 1.51. The standard InChI is InChI=1S/C14H14N4O2S/c1-10(11-5-2-3-6-12(11)19)17-18-13(20)9-21-14-15-7-4-8-16-14/h2-8,19H,9H2,1H3,(H,18,20)/b17-10-. The Morgan fingerprint density at radius 1 is 1.29 bits per heavy atom. The summed E-state index contributed by atoms with van der Waals surface area (Å²) in [5, 5.41) is 14.2. The lowest BCUT2D eigenvalue weighted by Crippen LogP contribution is -2.21. The van der Waals surface area contributed by atoms with Gasteiger partial charge in [-0.2, -0.15) is 5.10 Å². The Bertz CT molecular complexity index is 646. The maximum absolute atomic E-state index is 11.7. The number of hydrogen-bond acceptors (Lipinski definition) is 6. The molecule has 0 saturated heterocycles. The van der Waals surface area contributed by atoms with Crippen molar-refractivity contribution in [3.63, 3.8) is 0 Å². The average molecular weight is 302 g/mol. The molecular formula is C14H14N4O2S. The number of hydrogen-bond donors (Lipinski definition) is 2. The van der Waals surface area contributed by atoms with Gasteiger partial charge in [0.2, 0.25) is 0 Å². The Kier molecular flexibility index (Phi) is 5.28. The number of aromatic hydroxyl groups is 1. The Morgan fingerprint density at radius 3 is 2.71 bits per heavy atom. The largest absolute Gasteiger partial charge is 0.507 e. The molecule has 1 heterocycles. The number of hydrazone groups is 1. The molecule has 21 heavy (non-hydrogen) atoms. The molecular weight excluding hydrogens is 288 g/mol. The van der Waals surface area contributed by atoms with Gasteiger partial charge in [0.1, 0.15) is 5.75 Å². The normalized spacial score (nSPS) is 11.2. The molecule has 0 fully saturated rings. The molecule has 2 N–H and O–H groups in total. The first-order valence-corrected chi connectivity index (χ1v) is 7.16. The summed E-state index contributed by atoms with van der Waals surface area (Å²) in [4.78, 5) is 19.7. The highest BCUT2D eigenvalue weighted by molar-refractivity contribution is 7.99. The number of amides is 1. The lowest BCUT2D eigenvalue weighted by molar-refractivity contribution is -0.118. The topological polar surface area (TPSA) is 87.5 Å². The minimum absolute atomic E-state index is 0.125. The number of nitrogens with zero attached hydrogens (tertiary/aromatic N) is 3. The Balaban J connectivity index is 1.88. The number of para-hydroxylation sites is 1. The summed E-state index contributed by atoms with van der Waals surface area (Å²) in [6, 6.07) is 8.52. The Hall–Kier alpha value is -2.41.